The molecule has 0 aliphatic rings. The van der Waals surface area contributed by atoms with Gasteiger partial charge in [-0.15, -0.1) is 0 Å². The van der Waals surface area contributed by atoms with Crippen LogP contribution in [-0.2, 0) is 6.54 Å². The number of nitrogens with two attached hydrogens (primary N) is 1. The van der Waals surface area contributed by atoms with Crippen molar-refractivity contribution < 1.29 is 14.2 Å². The molecular weight excluding hydrogens is 342 g/mol. The van der Waals surface area contributed by atoms with Crippen molar-refractivity contribution in [2.45, 2.75) is 32.9 Å². The van der Waals surface area contributed by atoms with Gasteiger partial charge in [-0.3, -0.25) is 0 Å². The standard InChI is InChI=1S/C21H29N3O3/c1-5-17(27-18-9-7-6-8-15(18)2)14-24-21(22)23-13-16-10-11-19(25-3)20(12-16)26-4/h6-12,17H,5,13-14H2,1-4H3,(H3,22,23,24). The number of hydrogen-bond donors (Lipinski definition) is 2. The maximum atomic E-state index is 6.06. The summed E-state index contributed by atoms with van der Waals surface area (Å²) in [6, 6.07) is 13.7. The van der Waals surface area contributed by atoms with Crippen LogP contribution in [0.15, 0.2) is 47.5 Å². The number of methoxy groups -OCH3 is 2. The van der Waals surface area contributed by atoms with Crippen LogP contribution in [0.1, 0.15) is 24.5 Å². The van der Waals surface area contributed by atoms with Crippen molar-refractivity contribution in [2.75, 3.05) is 20.8 Å². The lowest BCUT2D eigenvalue weighted by molar-refractivity contribution is 0.198. The predicted molar refractivity (Wildman–Crippen MR) is 109 cm³/mol. The van der Waals surface area contributed by atoms with E-state index in [0.717, 1.165) is 23.3 Å². The van der Waals surface area contributed by atoms with Gasteiger partial charge in [-0.05, 0) is 42.7 Å². The first-order chi connectivity index (χ1) is 13.1. The molecule has 0 spiro atoms. The van der Waals surface area contributed by atoms with Crippen LogP contribution < -0.4 is 25.3 Å². The second-order valence-corrected chi connectivity index (χ2v) is 6.19. The third kappa shape index (κ3) is 6.09. The third-order valence-electron chi connectivity index (χ3n) is 4.23. The van der Waals surface area contributed by atoms with Crippen molar-refractivity contribution in [2.24, 2.45) is 10.7 Å². The molecule has 0 heterocycles. The molecule has 0 saturated carbocycles. The van der Waals surface area contributed by atoms with Crippen LogP contribution >= 0.6 is 0 Å². The number of rotatable bonds is 9. The van der Waals surface area contributed by atoms with Crippen molar-refractivity contribution in [1.29, 1.82) is 0 Å². The predicted octanol–water partition coefficient (Wildman–Crippen LogP) is 3.27. The van der Waals surface area contributed by atoms with E-state index >= 15 is 0 Å². The summed E-state index contributed by atoms with van der Waals surface area (Å²) in [5, 5.41) is 3.14. The molecule has 0 aliphatic carbocycles. The van der Waals surface area contributed by atoms with Gasteiger partial charge in [0, 0.05) is 0 Å². The number of benzene rings is 2. The van der Waals surface area contributed by atoms with E-state index in [1.165, 1.54) is 0 Å². The Labute approximate surface area is 161 Å². The highest BCUT2D eigenvalue weighted by Gasteiger charge is 2.10. The van der Waals surface area contributed by atoms with Gasteiger partial charge in [-0.1, -0.05) is 31.2 Å². The Bertz CT molecular complexity index is 762. The van der Waals surface area contributed by atoms with E-state index in [1.54, 1.807) is 14.2 Å². The Morgan fingerprint density at radius 1 is 1.07 bits per heavy atom. The molecule has 2 rings (SSSR count). The molecule has 2 aromatic rings. The Morgan fingerprint density at radius 2 is 1.81 bits per heavy atom. The summed E-state index contributed by atoms with van der Waals surface area (Å²) in [7, 11) is 3.22. The summed E-state index contributed by atoms with van der Waals surface area (Å²) in [6.45, 7) is 5.16. The molecule has 1 unspecified atom stereocenters. The van der Waals surface area contributed by atoms with Gasteiger partial charge in [0.15, 0.2) is 17.5 Å². The van der Waals surface area contributed by atoms with Gasteiger partial charge >= 0.3 is 0 Å². The molecule has 6 heteroatoms. The normalized spacial score (nSPS) is 12.4. The molecule has 0 fully saturated rings. The number of nitrogens with zero attached hydrogens (tertiary/aromatic N) is 1. The third-order valence-corrected chi connectivity index (χ3v) is 4.23. The molecule has 27 heavy (non-hydrogen) atoms. The maximum absolute atomic E-state index is 6.06. The fourth-order valence-corrected chi connectivity index (χ4v) is 2.57. The molecule has 0 amide bonds. The molecule has 0 saturated heterocycles. The summed E-state index contributed by atoms with van der Waals surface area (Å²) < 4.78 is 16.6. The Balaban J connectivity index is 1.90. The van der Waals surface area contributed by atoms with E-state index in [0.29, 0.717) is 30.5 Å². The lowest BCUT2D eigenvalue weighted by Gasteiger charge is -2.19. The van der Waals surface area contributed by atoms with Crippen molar-refractivity contribution in [1.82, 2.24) is 5.32 Å². The van der Waals surface area contributed by atoms with E-state index in [1.807, 2.05) is 49.4 Å². The maximum Gasteiger partial charge on any atom is 0.189 e. The van der Waals surface area contributed by atoms with Crippen LogP contribution in [-0.4, -0.2) is 32.8 Å². The fraction of sp³-hybridized carbons (Fsp3) is 0.381. The summed E-state index contributed by atoms with van der Waals surface area (Å²) >= 11 is 0. The highest BCUT2D eigenvalue weighted by Crippen LogP contribution is 2.27. The van der Waals surface area contributed by atoms with E-state index in [2.05, 4.69) is 17.2 Å². The van der Waals surface area contributed by atoms with Gasteiger partial charge in [-0.2, -0.15) is 0 Å². The fourth-order valence-electron chi connectivity index (χ4n) is 2.57. The van der Waals surface area contributed by atoms with Crippen molar-refractivity contribution in [3.8, 4) is 17.2 Å². The number of nitrogens with one attached hydrogen (secondary N) is 1. The van der Waals surface area contributed by atoms with Crippen molar-refractivity contribution >= 4 is 5.96 Å². The quantitative estimate of drug-likeness (QED) is 0.522. The second kappa shape index (κ2) is 10.3. The lowest BCUT2D eigenvalue weighted by atomic mass is 10.2. The van der Waals surface area contributed by atoms with Gasteiger partial charge in [0.2, 0.25) is 0 Å². The smallest absolute Gasteiger partial charge is 0.189 e. The van der Waals surface area contributed by atoms with E-state index in [4.69, 9.17) is 19.9 Å². The zero-order valence-electron chi connectivity index (χ0n) is 16.5. The van der Waals surface area contributed by atoms with Crippen LogP contribution in [0.3, 0.4) is 0 Å². The minimum atomic E-state index is 0.0148. The topological polar surface area (TPSA) is 78.1 Å². The minimum absolute atomic E-state index is 0.0148. The Morgan fingerprint density at radius 3 is 2.48 bits per heavy atom. The number of aliphatic imine (C=N–C) groups is 1. The average Bonchev–Trinajstić information content (AvgIpc) is 2.70. The first-order valence-corrected chi connectivity index (χ1v) is 9.04. The second-order valence-electron chi connectivity index (χ2n) is 6.19. The Kier molecular flexibility index (Phi) is 7.79. The zero-order chi connectivity index (χ0) is 19.6. The van der Waals surface area contributed by atoms with Gasteiger partial charge in [0.1, 0.15) is 11.9 Å². The molecule has 3 N–H and O–H groups in total. The van der Waals surface area contributed by atoms with E-state index < -0.39 is 0 Å². The van der Waals surface area contributed by atoms with Crippen LogP contribution in [0.4, 0.5) is 0 Å². The molecule has 1 atom stereocenters. The largest absolute Gasteiger partial charge is 0.493 e. The van der Waals surface area contributed by atoms with Crippen molar-refractivity contribution in [3.63, 3.8) is 0 Å². The zero-order valence-corrected chi connectivity index (χ0v) is 16.5. The van der Waals surface area contributed by atoms with Crippen LogP contribution in [0.2, 0.25) is 0 Å². The highest BCUT2D eigenvalue weighted by molar-refractivity contribution is 5.77. The van der Waals surface area contributed by atoms with Gasteiger partial charge in [0.05, 0.1) is 27.3 Å². The molecule has 0 aliphatic heterocycles. The number of aryl methyl sites for hydroxylation is 1. The SMILES string of the molecule is CCC(CNC(N)=NCc1ccc(OC)c(OC)c1)Oc1ccccc1C. The monoisotopic (exact) mass is 371 g/mol. The van der Waals surface area contributed by atoms with Gasteiger partial charge in [0.25, 0.3) is 0 Å². The number of ether oxygens (including phenoxy) is 3. The number of hydrogen-bond acceptors (Lipinski definition) is 4. The summed E-state index contributed by atoms with van der Waals surface area (Å²) in [5.74, 6) is 2.65. The van der Waals surface area contributed by atoms with Crippen LogP contribution in [0.25, 0.3) is 0 Å². The first-order valence-electron chi connectivity index (χ1n) is 9.04. The molecule has 0 radical (unpaired) electrons. The molecule has 146 valence electrons. The first kappa shape index (κ1) is 20.4. The molecule has 0 bridgehead atoms. The molecular formula is C21H29N3O3. The number of para-hydroxylation sites is 1. The minimum Gasteiger partial charge on any atom is -0.493 e. The van der Waals surface area contributed by atoms with Crippen LogP contribution in [0.5, 0.6) is 17.2 Å². The van der Waals surface area contributed by atoms with Gasteiger partial charge in [-0.25, -0.2) is 4.99 Å². The van der Waals surface area contributed by atoms with Gasteiger partial charge < -0.3 is 25.3 Å². The summed E-state index contributed by atoms with van der Waals surface area (Å²) in [5.41, 5.74) is 8.11. The van der Waals surface area contributed by atoms with Crippen molar-refractivity contribution in [3.05, 3.63) is 53.6 Å². The highest BCUT2D eigenvalue weighted by atomic mass is 16.5. The summed E-state index contributed by atoms with van der Waals surface area (Å²) in [6.07, 6.45) is 0.880. The Hall–Kier alpha value is -2.89. The van der Waals surface area contributed by atoms with E-state index in [-0.39, 0.29) is 6.10 Å². The molecule has 6 nitrogen and oxygen atoms in total. The molecule has 0 aromatic heterocycles. The average molecular weight is 371 g/mol. The summed E-state index contributed by atoms with van der Waals surface area (Å²) in [4.78, 5) is 4.39. The number of guanidine groups is 1. The van der Waals surface area contributed by atoms with E-state index in [9.17, 15) is 0 Å². The molecule has 2 aromatic carbocycles. The lowest BCUT2D eigenvalue weighted by Crippen LogP contribution is -2.39. The van der Waals surface area contributed by atoms with Crippen LogP contribution in [0, 0.1) is 6.92 Å².